The SMILES string of the molecule is Nc1cc(C(=O)Nc2ccc(Br)cc2)ccc1Sc1cccc(O)c1. The molecule has 4 nitrogen and oxygen atoms in total. The topological polar surface area (TPSA) is 75.4 Å². The number of carbonyl (C=O) groups is 1. The molecule has 0 atom stereocenters. The summed E-state index contributed by atoms with van der Waals surface area (Å²) in [5.41, 5.74) is 7.80. The van der Waals surface area contributed by atoms with Crippen LogP contribution in [0.1, 0.15) is 10.4 Å². The summed E-state index contributed by atoms with van der Waals surface area (Å²) in [6, 6.07) is 19.5. The second-order valence-electron chi connectivity index (χ2n) is 5.31. The maximum atomic E-state index is 12.3. The Kier molecular flexibility index (Phi) is 5.31. The van der Waals surface area contributed by atoms with Crippen LogP contribution in [0.5, 0.6) is 5.75 Å². The first-order valence-corrected chi connectivity index (χ1v) is 9.05. The Labute approximate surface area is 158 Å². The summed E-state index contributed by atoms with van der Waals surface area (Å²) >= 11 is 4.79. The van der Waals surface area contributed by atoms with Gasteiger partial charge in [-0.05, 0) is 60.7 Å². The van der Waals surface area contributed by atoms with E-state index in [1.807, 2.05) is 30.3 Å². The molecule has 0 aliphatic rings. The first kappa shape index (κ1) is 17.4. The highest BCUT2D eigenvalue weighted by Crippen LogP contribution is 2.34. The van der Waals surface area contributed by atoms with Gasteiger partial charge in [0.1, 0.15) is 5.75 Å². The molecule has 4 N–H and O–H groups in total. The molecule has 126 valence electrons. The van der Waals surface area contributed by atoms with E-state index in [4.69, 9.17) is 5.73 Å². The fraction of sp³-hybridized carbons (Fsp3) is 0. The van der Waals surface area contributed by atoms with Gasteiger partial charge in [0.05, 0.1) is 0 Å². The molecule has 0 radical (unpaired) electrons. The van der Waals surface area contributed by atoms with Gasteiger partial charge < -0.3 is 16.2 Å². The van der Waals surface area contributed by atoms with Crippen LogP contribution in [0.2, 0.25) is 0 Å². The van der Waals surface area contributed by atoms with Gasteiger partial charge in [0.25, 0.3) is 5.91 Å². The Morgan fingerprint density at radius 1 is 1.04 bits per heavy atom. The van der Waals surface area contributed by atoms with Gasteiger partial charge in [-0.3, -0.25) is 4.79 Å². The van der Waals surface area contributed by atoms with Crippen LogP contribution in [-0.4, -0.2) is 11.0 Å². The molecule has 0 bridgehead atoms. The van der Waals surface area contributed by atoms with Gasteiger partial charge in [-0.1, -0.05) is 33.8 Å². The number of nitrogens with two attached hydrogens (primary N) is 1. The van der Waals surface area contributed by atoms with Crippen LogP contribution < -0.4 is 11.1 Å². The Morgan fingerprint density at radius 3 is 2.48 bits per heavy atom. The van der Waals surface area contributed by atoms with Crippen molar-refractivity contribution in [1.82, 2.24) is 0 Å². The first-order valence-electron chi connectivity index (χ1n) is 7.44. The summed E-state index contributed by atoms with van der Waals surface area (Å²) in [5.74, 6) is -0.0167. The lowest BCUT2D eigenvalue weighted by molar-refractivity contribution is 0.102. The van der Waals surface area contributed by atoms with Crippen molar-refractivity contribution in [2.24, 2.45) is 0 Å². The van der Waals surface area contributed by atoms with Crippen LogP contribution in [0.25, 0.3) is 0 Å². The number of nitrogen functional groups attached to an aromatic ring is 1. The second-order valence-corrected chi connectivity index (χ2v) is 7.34. The van der Waals surface area contributed by atoms with E-state index in [0.717, 1.165) is 14.3 Å². The summed E-state index contributed by atoms with van der Waals surface area (Å²) < 4.78 is 0.947. The van der Waals surface area contributed by atoms with Crippen molar-refractivity contribution in [2.45, 2.75) is 9.79 Å². The summed E-state index contributed by atoms with van der Waals surface area (Å²) in [6.45, 7) is 0. The zero-order valence-electron chi connectivity index (χ0n) is 13.1. The van der Waals surface area contributed by atoms with E-state index in [0.29, 0.717) is 16.9 Å². The molecule has 1 amide bonds. The predicted molar refractivity (Wildman–Crippen MR) is 105 cm³/mol. The van der Waals surface area contributed by atoms with Gasteiger partial charge in [0.15, 0.2) is 0 Å². The molecule has 0 aromatic heterocycles. The van der Waals surface area contributed by atoms with Crippen LogP contribution in [0.3, 0.4) is 0 Å². The highest BCUT2D eigenvalue weighted by Gasteiger charge is 2.10. The van der Waals surface area contributed by atoms with Crippen molar-refractivity contribution >= 4 is 45.0 Å². The van der Waals surface area contributed by atoms with Crippen LogP contribution in [0.4, 0.5) is 11.4 Å². The van der Waals surface area contributed by atoms with Gasteiger partial charge >= 0.3 is 0 Å². The molecule has 0 spiro atoms. The molecule has 0 unspecified atom stereocenters. The van der Waals surface area contributed by atoms with Crippen molar-refractivity contribution in [2.75, 3.05) is 11.1 Å². The summed E-state index contributed by atoms with van der Waals surface area (Å²) in [6.07, 6.45) is 0. The van der Waals surface area contributed by atoms with Gasteiger partial charge in [-0.15, -0.1) is 0 Å². The fourth-order valence-electron chi connectivity index (χ4n) is 2.19. The molecule has 25 heavy (non-hydrogen) atoms. The number of phenolic OH excluding ortho intramolecular Hbond substituents is 1. The van der Waals surface area contributed by atoms with Crippen molar-refractivity contribution in [3.05, 3.63) is 76.8 Å². The molecule has 0 heterocycles. The average Bonchev–Trinajstić information content (AvgIpc) is 2.59. The summed E-state index contributed by atoms with van der Waals surface area (Å²) in [4.78, 5) is 14.0. The van der Waals surface area contributed by atoms with Crippen molar-refractivity contribution < 1.29 is 9.90 Å². The number of carbonyl (C=O) groups excluding carboxylic acids is 1. The van der Waals surface area contributed by atoms with Gasteiger partial charge in [0, 0.05) is 31.2 Å². The van der Waals surface area contributed by atoms with Crippen LogP contribution in [-0.2, 0) is 0 Å². The first-order chi connectivity index (χ1) is 12.0. The van der Waals surface area contributed by atoms with Crippen molar-refractivity contribution in [3.8, 4) is 5.75 Å². The number of hydrogen-bond acceptors (Lipinski definition) is 4. The molecular weight excluding hydrogens is 400 g/mol. The molecule has 0 saturated carbocycles. The monoisotopic (exact) mass is 414 g/mol. The lowest BCUT2D eigenvalue weighted by Crippen LogP contribution is -2.12. The molecule has 3 rings (SSSR count). The Morgan fingerprint density at radius 2 is 1.80 bits per heavy atom. The van der Waals surface area contributed by atoms with Crippen LogP contribution in [0, 0.1) is 0 Å². The number of aromatic hydroxyl groups is 1. The number of benzene rings is 3. The van der Waals surface area contributed by atoms with Gasteiger partial charge in [0.2, 0.25) is 0 Å². The molecule has 3 aromatic carbocycles. The predicted octanol–water partition coefficient (Wildman–Crippen LogP) is 5.14. The number of hydrogen-bond donors (Lipinski definition) is 3. The van der Waals surface area contributed by atoms with Crippen LogP contribution in [0.15, 0.2) is 81.0 Å². The maximum absolute atomic E-state index is 12.3. The third-order valence-corrected chi connectivity index (χ3v) is 5.03. The second kappa shape index (κ2) is 7.63. The molecule has 0 aliphatic carbocycles. The van der Waals surface area contributed by atoms with E-state index in [9.17, 15) is 9.90 Å². The number of halogens is 1. The standard InChI is InChI=1S/C19H15BrN2O2S/c20-13-5-7-14(8-6-13)22-19(24)12-4-9-18(17(21)10-12)25-16-3-1-2-15(23)11-16/h1-11,23H,21H2,(H,22,24). The number of rotatable bonds is 4. The van der Waals surface area contributed by atoms with Crippen molar-refractivity contribution in [1.29, 1.82) is 0 Å². The highest BCUT2D eigenvalue weighted by atomic mass is 79.9. The number of anilines is 2. The minimum Gasteiger partial charge on any atom is -0.508 e. The van der Waals surface area contributed by atoms with Gasteiger partial charge in [-0.25, -0.2) is 0 Å². The van der Waals surface area contributed by atoms with E-state index in [1.54, 1.807) is 36.4 Å². The third kappa shape index (κ3) is 4.55. The van der Waals surface area contributed by atoms with E-state index in [-0.39, 0.29) is 11.7 Å². The Bertz CT molecular complexity index is 914. The Balaban J connectivity index is 1.74. The smallest absolute Gasteiger partial charge is 0.255 e. The molecule has 0 saturated heterocycles. The summed E-state index contributed by atoms with van der Waals surface area (Å²) in [7, 11) is 0. The lowest BCUT2D eigenvalue weighted by atomic mass is 10.2. The number of amides is 1. The number of phenols is 1. The maximum Gasteiger partial charge on any atom is 0.255 e. The van der Waals surface area contributed by atoms with Crippen LogP contribution >= 0.6 is 27.7 Å². The molecule has 0 aliphatic heterocycles. The summed E-state index contributed by atoms with van der Waals surface area (Å²) in [5, 5.41) is 12.4. The quantitative estimate of drug-likeness (QED) is 0.516. The van der Waals surface area contributed by atoms with Crippen molar-refractivity contribution in [3.63, 3.8) is 0 Å². The molecule has 0 fully saturated rings. The fourth-order valence-corrected chi connectivity index (χ4v) is 3.35. The van der Waals surface area contributed by atoms with Gasteiger partial charge in [-0.2, -0.15) is 0 Å². The molecular formula is C19H15BrN2O2S. The lowest BCUT2D eigenvalue weighted by Gasteiger charge is -2.09. The third-order valence-electron chi connectivity index (χ3n) is 3.42. The van der Waals surface area contributed by atoms with E-state index < -0.39 is 0 Å². The van der Waals surface area contributed by atoms with E-state index in [2.05, 4.69) is 21.2 Å². The van der Waals surface area contributed by atoms with E-state index in [1.165, 1.54) is 11.8 Å². The highest BCUT2D eigenvalue weighted by molar-refractivity contribution is 9.10. The largest absolute Gasteiger partial charge is 0.508 e. The van der Waals surface area contributed by atoms with E-state index >= 15 is 0 Å². The Hall–Kier alpha value is -2.44. The minimum absolute atomic E-state index is 0.203. The number of nitrogens with one attached hydrogen (secondary N) is 1. The molecule has 6 heteroatoms. The normalized spacial score (nSPS) is 10.4. The average molecular weight is 415 g/mol. The molecule has 3 aromatic rings. The minimum atomic E-state index is -0.220. The zero-order chi connectivity index (χ0) is 17.8. The zero-order valence-corrected chi connectivity index (χ0v) is 15.5.